The van der Waals surface area contributed by atoms with Crippen LogP contribution in [-0.2, 0) is 34.8 Å². The number of hydrogen-bond acceptors (Lipinski definition) is 10. The van der Waals surface area contributed by atoms with Gasteiger partial charge in [0.05, 0.1) is 11.1 Å². The van der Waals surface area contributed by atoms with Crippen molar-refractivity contribution in [3.05, 3.63) is 35.9 Å². The second-order valence-corrected chi connectivity index (χ2v) is 15.6. The number of amides is 4. The van der Waals surface area contributed by atoms with Crippen LogP contribution in [0.3, 0.4) is 0 Å². The van der Waals surface area contributed by atoms with Crippen molar-refractivity contribution in [3.8, 4) is 0 Å². The highest BCUT2D eigenvalue weighted by Crippen LogP contribution is 2.36. The van der Waals surface area contributed by atoms with Crippen LogP contribution < -0.4 is 20.7 Å². The van der Waals surface area contributed by atoms with E-state index in [1.165, 1.54) is 16.7 Å². The average Bonchev–Trinajstić information content (AvgIpc) is 3.33. The van der Waals surface area contributed by atoms with Crippen LogP contribution in [0.25, 0.3) is 0 Å². The molecular formula is C29H44N6O8S2. The van der Waals surface area contributed by atoms with E-state index in [4.69, 9.17) is 9.47 Å². The summed E-state index contributed by atoms with van der Waals surface area (Å²) in [5.74, 6) is -0.782. The van der Waals surface area contributed by atoms with Crippen LogP contribution in [0.5, 0.6) is 0 Å². The van der Waals surface area contributed by atoms with Crippen LogP contribution in [0.1, 0.15) is 66.4 Å². The van der Waals surface area contributed by atoms with E-state index >= 15 is 0 Å². The summed E-state index contributed by atoms with van der Waals surface area (Å²) in [6, 6.07) is 7.02. The molecule has 2 fully saturated rings. The zero-order chi connectivity index (χ0) is 33.4. The zero-order valence-corrected chi connectivity index (χ0v) is 28.2. The summed E-state index contributed by atoms with van der Waals surface area (Å²) in [5.41, 5.74) is -0.936. The number of thioether (sulfide) groups is 1. The van der Waals surface area contributed by atoms with Crippen LogP contribution in [0.2, 0.25) is 0 Å². The number of rotatable bonds is 9. The van der Waals surface area contributed by atoms with Crippen LogP contribution >= 0.6 is 11.8 Å². The van der Waals surface area contributed by atoms with Crippen molar-refractivity contribution in [2.24, 2.45) is 4.99 Å². The number of aliphatic imine (C=N–C) groups is 1. The van der Waals surface area contributed by atoms with Gasteiger partial charge in [0, 0.05) is 18.8 Å². The second kappa shape index (κ2) is 15.3. The summed E-state index contributed by atoms with van der Waals surface area (Å²) in [5, 5.41) is 7.41. The largest absolute Gasteiger partial charge is 0.444 e. The Morgan fingerprint density at radius 3 is 2.16 bits per heavy atom. The predicted molar refractivity (Wildman–Crippen MR) is 171 cm³/mol. The fourth-order valence-electron chi connectivity index (χ4n) is 4.57. The third-order valence-corrected chi connectivity index (χ3v) is 9.03. The van der Waals surface area contributed by atoms with Gasteiger partial charge in [-0.05, 0) is 66.4 Å². The van der Waals surface area contributed by atoms with Gasteiger partial charge in [0.15, 0.2) is 0 Å². The molecule has 3 rings (SSSR count). The molecule has 45 heavy (non-hydrogen) atoms. The van der Waals surface area contributed by atoms with Gasteiger partial charge in [-0.25, -0.2) is 22.7 Å². The van der Waals surface area contributed by atoms with E-state index in [2.05, 4.69) is 25.7 Å². The van der Waals surface area contributed by atoms with Gasteiger partial charge in [0.25, 0.3) is 0 Å². The molecule has 0 aromatic heterocycles. The number of fused-ring (bicyclic) bond motifs is 1. The predicted octanol–water partition coefficient (Wildman–Crippen LogP) is 2.45. The average molecular weight is 669 g/mol. The lowest BCUT2D eigenvalue weighted by atomic mass is 10.0. The lowest BCUT2D eigenvalue weighted by Crippen LogP contribution is -2.59. The van der Waals surface area contributed by atoms with Crippen molar-refractivity contribution < 1.29 is 37.1 Å². The van der Waals surface area contributed by atoms with Crippen molar-refractivity contribution >= 4 is 51.7 Å². The maximum atomic E-state index is 13.4. The maximum Gasteiger partial charge on any atom is 0.414 e. The summed E-state index contributed by atoms with van der Waals surface area (Å²) in [7, 11) is -3.78. The lowest BCUT2D eigenvalue weighted by Gasteiger charge is -2.36. The first-order valence-electron chi connectivity index (χ1n) is 14.7. The van der Waals surface area contributed by atoms with Gasteiger partial charge in [0.1, 0.15) is 23.3 Å². The van der Waals surface area contributed by atoms with Gasteiger partial charge < -0.3 is 19.7 Å². The quantitative estimate of drug-likeness (QED) is 0.174. The number of carbonyl (C=O) groups excluding carboxylic acids is 4. The molecule has 0 spiro atoms. The molecule has 0 bridgehead atoms. The molecule has 0 saturated carbocycles. The minimum atomic E-state index is -3.78. The van der Waals surface area contributed by atoms with Crippen molar-refractivity contribution in [1.82, 2.24) is 25.6 Å². The van der Waals surface area contributed by atoms with E-state index in [0.717, 1.165) is 0 Å². The first-order valence-corrected chi connectivity index (χ1v) is 17.4. The Balaban J connectivity index is 1.54. The zero-order valence-electron chi connectivity index (χ0n) is 26.5. The summed E-state index contributed by atoms with van der Waals surface area (Å²) < 4.78 is 38.5. The van der Waals surface area contributed by atoms with Crippen LogP contribution in [0.4, 0.5) is 9.59 Å². The molecule has 1 aromatic carbocycles. The number of nitrogens with one attached hydrogen (secondary N) is 4. The molecule has 2 saturated heterocycles. The smallest absolute Gasteiger partial charge is 0.414 e. The summed E-state index contributed by atoms with van der Waals surface area (Å²) in [6.07, 6.45) is -0.368. The number of benzene rings is 1. The molecule has 2 aliphatic heterocycles. The van der Waals surface area contributed by atoms with Gasteiger partial charge in [-0.3, -0.25) is 25.2 Å². The molecule has 4 N–H and O–H groups in total. The standard InChI is InChI=1S/C29H44N6O8S2/c1-28(2,3)42-26(38)32-25(33-27(39)43-29(4,5)6)31-16-10-15-30-23(36)21-17-44-22-14-13-20(24(37)35(21)22)34-45(40,41)18-19-11-8-7-9-12-19/h7-9,11-12,20-22,34H,10,13-18H2,1-6H3,(H,30,36)(H2,31,32,33,38,39)/t20-,21+,22+/m1/s1. The number of nitrogens with zero attached hydrogens (tertiary/aromatic N) is 2. The van der Waals surface area contributed by atoms with Crippen LogP contribution in [0.15, 0.2) is 35.3 Å². The monoisotopic (exact) mass is 668 g/mol. The topological polar surface area (TPSA) is 185 Å². The molecule has 2 aliphatic rings. The fourth-order valence-corrected chi connectivity index (χ4v) is 7.37. The minimum absolute atomic E-state index is 0.122. The third-order valence-electron chi connectivity index (χ3n) is 6.31. The molecule has 250 valence electrons. The van der Waals surface area contributed by atoms with E-state index in [-0.39, 0.29) is 36.1 Å². The Kier molecular flexibility index (Phi) is 12.3. The number of carbonyl (C=O) groups is 4. The van der Waals surface area contributed by atoms with E-state index < -0.39 is 51.4 Å². The highest BCUT2D eigenvalue weighted by Gasteiger charge is 2.47. The molecular weight excluding hydrogens is 624 g/mol. The van der Waals surface area contributed by atoms with Crippen molar-refractivity contribution in [2.45, 2.75) is 95.2 Å². The molecule has 0 radical (unpaired) electrons. The number of piperidine rings is 1. The highest BCUT2D eigenvalue weighted by molar-refractivity contribution is 8.00. The molecule has 0 aliphatic carbocycles. The molecule has 3 atom stereocenters. The first-order chi connectivity index (χ1) is 20.9. The third kappa shape index (κ3) is 12.2. The summed E-state index contributed by atoms with van der Waals surface area (Å²) in [4.78, 5) is 56.7. The molecule has 0 unspecified atom stereocenters. The Morgan fingerprint density at radius 1 is 0.978 bits per heavy atom. The van der Waals surface area contributed by atoms with Crippen molar-refractivity contribution in [1.29, 1.82) is 0 Å². The van der Waals surface area contributed by atoms with Crippen LogP contribution in [0, 0.1) is 0 Å². The van der Waals surface area contributed by atoms with Gasteiger partial charge in [-0.15, -0.1) is 11.8 Å². The normalized spacial score (nSPS) is 20.1. The SMILES string of the molecule is CC(C)(C)OC(=O)NC(=NCCCNC(=O)[C@@H]1CS[C@H]2CC[C@@H](NS(=O)(=O)Cc3ccccc3)C(=O)N21)NC(=O)OC(C)(C)C. The maximum absolute atomic E-state index is 13.4. The molecule has 4 amide bonds. The summed E-state index contributed by atoms with van der Waals surface area (Å²) in [6.45, 7) is 10.5. The Labute approximate surface area is 268 Å². The highest BCUT2D eigenvalue weighted by atomic mass is 32.2. The second-order valence-electron chi connectivity index (χ2n) is 12.7. The first kappa shape index (κ1) is 36.1. The summed E-state index contributed by atoms with van der Waals surface area (Å²) >= 11 is 1.50. The minimum Gasteiger partial charge on any atom is -0.444 e. The number of alkyl carbamates (subject to hydrolysis) is 2. The van der Waals surface area contributed by atoms with Crippen LogP contribution in [-0.4, -0.2) is 90.8 Å². The molecule has 1 aromatic rings. The van der Waals surface area contributed by atoms with Gasteiger partial charge in [-0.2, -0.15) is 0 Å². The Morgan fingerprint density at radius 2 is 1.58 bits per heavy atom. The van der Waals surface area contributed by atoms with E-state index in [0.29, 0.717) is 30.6 Å². The number of sulfonamides is 1. The Hall–Kier alpha value is -3.37. The van der Waals surface area contributed by atoms with Crippen molar-refractivity contribution in [2.75, 3.05) is 18.8 Å². The number of ether oxygens (including phenoxy) is 2. The Bertz CT molecular complexity index is 1330. The van der Waals surface area contributed by atoms with Gasteiger partial charge >= 0.3 is 12.2 Å². The molecule has 14 nitrogen and oxygen atoms in total. The molecule has 2 heterocycles. The van der Waals surface area contributed by atoms with Crippen molar-refractivity contribution in [3.63, 3.8) is 0 Å². The number of guanidine groups is 1. The van der Waals surface area contributed by atoms with E-state index in [1.54, 1.807) is 71.9 Å². The molecule has 16 heteroatoms. The number of hydrogen-bond donors (Lipinski definition) is 4. The lowest BCUT2D eigenvalue weighted by molar-refractivity contribution is -0.143. The van der Waals surface area contributed by atoms with Gasteiger partial charge in [0.2, 0.25) is 27.8 Å². The van der Waals surface area contributed by atoms with E-state index in [1.807, 2.05) is 0 Å². The van der Waals surface area contributed by atoms with E-state index in [9.17, 15) is 27.6 Å². The fraction of sp³-hybridized carbons (Fsp3) is 0.621. The van der Waals surface area contributed by atoms with Gasteiger partial charge in [-0.1, -0.05) is 30.3 Å².